The Kier molecular flexibility index (Phi) is 3.84. The van der Waals surface area contributed by atoms with E-state index in [9.17, 15) is 9.18 Å². The molecule has 1 rings (SSSR count). The third-order valence-corrected chi connectivity index (χ3v) is 2.14. The maximum absolute atomic E-state index is 12.7. The number of esters is 1. The van der Waals surface area contributed by atoms with Gasteiger partial charge in [0.1, 0.15) is 11.9 Å². The molecule has 0 amide bonds. The Morgan fingerprint density at radius 3 is 2.50 bits per heavy atom. The van der Waals surface area contributed by atoms with Gasteiger partial charge in [0.15, 0.2) is 6.19 Å². The molecule has 0 N–H and O–H groups in total. The minimum Gasteiger partial charge on any atom is -0.467 e. The lowest BCUT2D eigenvalue weighted by molar-refractivity contribution is -0.141. The van der Waals surface area contributed by atoms with Crippen LogP contribution in [0.4, 0.5) is 10.1 Å². The summed E-state index contributed by atoms with van der Waals surface area (Å²) in [6, 6.07) is 4.57. The van der Waals surface area contributed by atoms with Crippen LogP contribution in [0.3, 0.4) is 0 Å². The molecule has 1 aromatic rings. The van der Waals surface area contributed by atoms with Gasteiger partial charge in [-0.05, 0) is 31.2 Å². The SMILES string of the molecule is COC(=O)C(C)N(C#N)c1ccc(F)cc1. The lowest BCUT2D eigenvalue weighted by Gasteiger charge is -2.21. The number of hydrogen-bond donors (Lipinski definition) is 0. The number of halogens is 1. The molecule has 0 aliphatic carbocycles. The summed E-state index contributed by atoms with van der Waals surface area (Å²) in [6.07, 6.45) is 1.86. The topological polar surface area (TPSA) is 53.3 Å². The highest BCUT2D eigenvalue weighted by molar-refractivity contribution is 5.80. The summed E-state index contributed by atoms with van der Waals surface area (Å²) in [6.45, 7) is 1.54. The molecule has 0 aliphatic heterocycles. The molecule has 16 heavy (non-hydrogen) atoms. The van der Waals surface area contributed by atoms with Gasteiger partial charge in [0.05, 0.1) is 12.8 Å². The van der Waals surface area contributed by atoms with Crippen molar-refractivity contribution in [2.75, 3.05) is 12.0 Å². The predicted molar refractivity (Wildman–Crippen MR) is 56.0 cm³/mol. The molecule has 4 nitrogen and oxygen atoms in total. The monoisotopic (exact) mass is 222 g/mol. The van der Waals surface area contributed by atoms with E-state index in [4.69, 9.17) is 5.26 Å². The minimum atomic E-state index is -0.736. The zero-order valence-electron chi connectivity index (χ0n) is 8.98. The molecule has 0 bridgehead atoms. The summed E-state index contributed by atoms with van der Waals surface area (Å²) >= 11 is 0. The third-order valence-electron chi connectivity index (χ3n) is 2.14. The number of rotatable bonds is 3. The first kappa shape index (κ1) is 12.0. The maximum atomic E-state index is 12.7. The second-order valence-corrected chi connectivity index (χ2v) is 3.15. The van der Waals surface area contributed by atoms with E-state index in [0.29, 0.717) is 5.69 Å². The molecular weight excluding hydrogens is 211 g/mol. The average Bonchev–Trinajstić information content (AvgIpc) is 2.31. The number of nitriles is 1. The Labute approximate surface area is 92.8 Å². The fraction of sp³-hybridized carbons (Fsp3) is 0.273. The second kappa shape index (κ2) is 5.12. The molecule has 0 fully saturated rings. The van der Waals surface area contributed by atoms with Gasteiger partial charge in [0.25, 0.3) is 0 Å². The summed E-state index contributed by atoms with van der Waals surface area (Å²) in [5.41, 5.74) is 0.446. The normalized spacial score (nSPS) is 11.4. The van der Waals surface area contributed by atoms with E-state index in [-0.39, 0.29) is 0 Å². The molecule has 5 heteroatoms. The van der Waals surface area contributed by atoms with Crippen LogP contribution < -0.4 is 4.90 Å². The van der Waals surface area contributed by atoms with E-state index in [1.807, 2.05) is 6.19 Å². The molecule has 0 spiro atoms. The van der Waals surface area contributed by atoms with E-state index in [2.05, 4.69) is 4.74 Å². The summed E-state index contributed by atoms with van der Waals surface area (Å²) in [4.78, 5) is 12.4. The number of methoxy groups -OCH3 is 1. The molecule has 0 aliphatic rings. The molecule has 1 aromatic carbocycles. The fourth-order valence-corrected chi connectivity index (χ4v) is 1.25. The zero-order chi connectivity index (χ0) is 12.1. The van der Waals surface area contributed by atoms with Gasteiger partial charge >= 0.3 is 5.97 Å². The van der Waals surface area contributed by atoms with Gasteiger partial charge in [0.2, 0.25) is 0 Å². The van der Waals surface area contributed by atoms with E-state index < -0.39 is 17.8 Å². The zero-order valence-corrected chi connectivity index (χ0v) is 8.98. The molecule has 1 unspecified atom stereocenters. The first-order chi connectivity index (χ1) is 7.60. The van der Waals surface area contributed by atoms with Crippen molar-refractivity contribution in [1.29, 1.82) is 5.26 Å². The number of carbonyl (C=O) groups excluding carboxylic acids is 1. The van der Waals surface area contributed by atoms with Crippen molar-refractivity contribution in [3.05, 3.63) is 30.1 Å². The van der Waals surface area contributed by atoms with Crippen LogP contribution in [-0.4, -0.2) is 19.1 Å². The van der Waals surface area contributed by atoms with Crippen LogP contribution in [0.5, 0.6) is 0 Å². The van der Waals surface area contributed by atoms with Gasteiger partial charge in [-0.25, -0.2) is 9.18 Å². The van der Waals surface area contributed by atoms with Crippen LogP contribution >= 0.6 is 0 Å². The Morgan fingerprint density at radius 1 is 1.50 bits per heavy atom. The first-order valence-electron chi connectivity index (χ1n) is 4.62. The van der Waals surface area contributed by atoms with E-state index >= 15 is 0 Å². The summed E-state index contributed by atoms with van der Waals surface area (Å²) in [5, 5.41) is 8.94. The van der Waals surface area contributed by atoms with E-state index in [0.717, 1.165) is 4.90 Å². The molecule has 84 valence electrons. The van der Waals surface area contributed by atoms with E-state index in [1.165, 1.54) is 31.4 Å². The number of ether oxygens (including phenoxy) is 1. The summed E-state index contributed by atoms with van der Waals surface area (Å²) in [5.74, 6) is -0.918. The number of benzene rings is 1. The lowest BCUT2D eigenvalue weighted by Crippen LogP contribution is -2.36. The maximum Gasteiger partial charge on any atom is 0.329 e. The number of nitrogens with zero attached hydrogens (tertiary/aromatic N) is 2. The van der Waals surface area contributed by atoms with Crippen LogP contribution in [0, 0.1) is 17.3 Å². The molecule has 0 saturated carbocycles. The Morgan fingerprint density at radius 2 is 2.06 bits per heavy atom. The van der Waals surface area contributed by atoms with Gasteiger partial charge in [-0.15, -0.1) is 0 Å². The van der Waals surface area contributed by atoms with Crippen LogP contribution in [0.1, 0.15) is 6.92 Å². The van der Waals surface area contributed by atoms with Crippen molar-refractivity contribution in [3.8, 4) is 6.19 Å². The van der Waals surface area contributed by atoms with Crippen molar-refractivity contribution in [2.24, 2.45) is 0 Å². The molecule has 1 atom stereocenters. The smallest absolute Gasteiger partial charge is 0.329 e. The number of hydrogen-bond acceptors (Lipinski definition) is 4. The summed E-state index contributed by atoms with van der Waals surface area (Å²) < 4.78 is 17.2. The molecule has 0 saturated heterocycles. The molecule has 0 aromatic heterocycles. The minimum absolute atomic E-state index is 0.396. The van der Waals surface area contributed by atoms with Gasteiger partial charge in [-0.2, -0.15) is 5.26 Å². The quantitative estimate of drug-likeness (QED) is 0.443. The predicted octanol–water partition coefficient (Wildman–Crippen LogP) is 1.67. The van der Waals surface area contributed by atoms with Crippen LogP contribution in [-0.2, 0) is 9.53 Å². The highest BCUT2D eigenvalue weighted by Gasteiger charge is 2.22. The van der Waals surface area contributed by atoms with Crippen molar-refractivity contribution >= 4 is 11.7 Å². The van der Waals surface area contributed by atoms with Crippen molar-refractivity contribution in [2.45, 2.75) is 13.0 Å². The molecular formula is C11H11FN2O2. The largest absolute Gasteiger partial charge is 0.467 e. The molecule has 0 radical (unpaired) electrons. The molecule has 0 heterocycles. The highest BCUT2D eigenvalue weighted by Crippen LogP contribution is 2.17. The second-order valence-electron chi connectivity index (χ2n) is 3.15. The van der Waals surface area contributed by atoms with Gasteiger partial charge in [0, 0.05) is 0 Å². The van der Waals surface area contributed by atoms with Crippen molar-refractivity contribution in [3.63, 3.8) is 0 Å². The Bertz CT molecular complexity index is 411. The standard InChI is InChI=1S/C11H11FN2O2/c1-8(11(15)16-2)14(7-13)10-5-3-9(12)4-6-10/h3-6,8H,1-2H3. The van der Waals surface area contributed by atoms with Gasteiger partial charge < -0.3 is 4.74 Å². The Balaban J connectivity index is 2.95. The van der Waals surface area contributed by atoms with Crippen LogP contribution in [0.2, 0.25) is 0 Å². The number of anilines is 1. The number of carbonyl (C=O) groups is 1. The fourth-order valence-electron chi connectivity index (χ4n) is 1.25. The Hall–Kier alpha value is -2.09. The van der Waals surface area contributed by atoms with Crippen molar-refractivity contribution < 1.29 is 13.9 Å². The third kappa shape index (κ3) is 2.48. The van der Waals surface area contributed by atoms with Crippen molar-refractivity contribution in [1.82, 2.24) is 0 Å². The summed E-state index contributed by atoms with van der Waals surface area (Å²) in [7, 11) is 1.25. The lowest BCUT2D eigenvalue weighted by atomic mass is 10.2. The van der Waals surface area contributed by atoms with Crippen LogP contribution in [0.15, 0.2) is 24.3 Å². The average molecular weight is 222 g/mol. The van der Waals surface area contributed by atoms with Gasteiger partial charge in [-0.1, -0.05) is 0 Å². The van der Waals surface area contributed by atoms with Crippen LogP contribution in [0.25, 0.3) is 0 Å². The van der Waals surface area contributed by atoms with Gasteiger partial charge in [-0.3, -0.25) is 4.90 Å². The highest BCUT2D eigenvalue weighted by atomic mass is 19.1. The first-order valence-corrected chi connectivity index (χ1v) is 4.62. The van der Waals surface area contributed by atoms with E-state index in [1.54, 1.807) is 6.92 Å².